The van der Waals surface area contributed by atoms with Gasteiger partial charge in [0.2, 0.25) is 0 Å². The summed E-state index contributed by atoms with van der Waals surface area (Å²) < 4.78 is 13.4. The van der Waals surface area contributed by atoms with Crippen LogP contribution in [0, 0.1) is 5.82 Å². The number of benzene rings is 2. The molecule has 17 heavy (non-hydrogen) atoms. The van der Waals surface area contributed by atoms with Gasteiger partial charge < -0.3 is 5.73 Å². The normalized spacial score (nSPS) is 12.4. The highest BCUT2D eigenvalue weighted by molar-refractivity contribution is 5.21. The molecule has 0 saturated heterocycles. The molecule has 0 aliphatic carbocycles. The van der Waals surface area contributed by atoms with E-state index in [1.165, 1.54) is 6.07 Å². The summed E-state index contributed by atoms with van der Waals surface area (Å²) in [6, 6.07) is 16.7. The first-order chi connectivity index (χ1) is 8.27. The van der Waals surface area contributed by atoms with Crippen molar-refractivity contribution in [3.63, 3.8) is 0 Å². The summed E-state index contributed by atoms with van der Waals surface area (Å²) in [5.41, 5.74) is 7.91. The molecule has 2 heteroatoms. The molecule has 0 bridgehead atoms. The Bertz CT molecular complexity index is 467. The Hall–Kier alpha value is -1.67. The fourth-order valence-corrected chi connectivity index (χ4v) is 1.88. The molecule has 0 radical (unpaired) electrons. The summed E-state index contributed by atoms with van der Waals surface area (Å²) >= 11 is 0. The molecule has 0 aromatic heterocycles. The minimum atomic E-state index is -0.146. The molecule has 0 saturated carbocycles. The van der Waals surface area contributed by atoms with E-state index in [0.29, 0.717) is 6.42 Å². The van der Waals surface area contributed by atoms with E-state index in [-0.39, 0.29) is 11.9 Å². The third-order valence-electron chi connectivity index (χ3n) is 2.91. The van der Waals surface area contributed by atoms with Crippen LogP contribution in [0.15, 0.2) is 54.6 Å². The zero-order chi connectivity index (χ0) is 12.1. The highest BCUT2D eigenvalue weighted by Crippen LogP contribution is 2.17. The summed E-state index contributed by atoms with van der Waals surface area (Å²) in [6.45, 7) is 0. The maximum atomic E-state index is 13.4. The number of nitrogens with two attached hydrogens (primary N) is 1. The Kier molecular flexibility index (Phi) is 3.89. The van der Waals surface area contributed by atoms with Gasteiger partial charge in [-0.05, 0) is 30.0 Å². The smallest absolute Gasteiger partial charge is 0.126 e. The van der Waals surface area contributed by atoms with Gasteiger partial charge in [-0.25, -0.2) is 4.39 Å². The molecule has 2 rings (SSSR count). The topological polar surface area (TPSA) is 26.0 Å². The summed E-state index contributed by atoms with van der Waals surface area (Å²) in [5, 5.41) is 0. The molecule has 1 nitrogen and oxygen atoms in total. The second-order valence-electron chi connectivity index (χ2n) is 4.15. The largest absolute Gasteiger partial charge is 0.324 e. The molecule has 2 aromatic carbocycles. The van der Waals surface area contributed by atoms with Crippen molar-refractivity contribution in [2.24, 2.45) is 5.73 Å². The number of rotatable bonds is 4. The van der Waals surface area contributed by atoms with Crippen LogP contribution < -0.4 is 5.73 Å². The summed E-state index contributed by atoms with van der Waals surface area (Å²) in [6.07, 6.45) is 1.42. The van der Waals surface area contributed by atoms with Gasteiger partial charge in [-0.15, -0.1) is 0 Å². The lowest BCUT2D eigenvalue weighted by Gasteiger charge is -2.12. The van der Waals surface area contributed by atoms with Crippen molar-refractivity contribution in [3.8, 4) is 0 Å². The number of hydrogen-bond acceptors (Lipinski definition) is 1. The molecule has 1 atom stereocenters. The highest BCUT2D eigenvalue weighted by atomic mass is 19.1. The van der Waals surface area contributed by atoms with Crippen LogP contribution in [0.1, 0.15) is 23.6 Å². The van der Waals surface area contributed by atoms with Crippen LogP contribution in [0.25, 0.3) is 0 Å². The Balaban J connectivity index is 1.97. The molecule has 2 N–H and O–H groups in total. The zero-order valence-electron chi connectivity index (χ0n) is 9.64. The van der Waals surface area contributed by atoms with Gasteiger partial charge in [0, 0.05) is 6.04 Å². The molecular weight excluding hydrogens is 213 g/mol. The summed E-state index contributed by atoms with van der Waals surface area (Å²) in [7, 11) is 0. The lowest BCUT2D eigenvalue weighted by Crippen LogP contribution is -2.11. The van der Waals surface area contributed by atoms with Crippen molar-refractivity contribution in [1.82, 2.24) is 0 Å². The average Bonchev–Trinajstić information content (AvgIpc) is 2.38. The number of aryl methyl sites for hydroxylation is 1. The Morgan fingerprint density at radius 1 is 0.941 bits per heavy atom. The minimum Gasteiger partial charge on any atom is -0.324 e. The second-order valence-corrected chi connectivity index (χ2v) is 4.15. The van der Waals surface area contributed by atoms with Crippen molar-refractivity contribution in [3.05, 3.63) is 71.5 Å². The summed E-state index contributed by atoms with van der Waals surface area (Å²) in [5.74, 6) is -0.146. The molecule has 0 fully saturated rings. The van der Waals surface area contributed by atoms with Crippen LogP contribution in [-0.2, 0) is 6.42 Å². The Morgan fingerprint density at radius 2 is 1.59 bits per heavy atom. The third-order valence-corrected chi connectivity index (χ3v) is 2.91. The van der Waals surface area contributed by atoms with E-state index in [4.69, 9.17) is 5.73 Å². The van der Waals surface area contributed by atoms with E-state index in [1.807, 2.05) is 42.5 Å². The van der Waals surface area contributed by atoms with Gasteiger partial charge in [0.05, 0.1) is 0 Å². The van der Waals surface area contributed by atoms with Gasteiger partial charge in [-0.3, -0.25) is 0 Å². The quantitative estimate of drug-likeness (QED) is 0.853. The predicted molar refractivity (Wildman–Crippen MR) is 68.1 cm³/mol. The first-order valence-electron chi connectivity index (χ1n) is 5.81. The molecule has 0 spiro atoms. The molecule has 0 amide bonds. The first-order valence-corrected chi connectivity index (χ1v) is 5.81. The molecule has 1 unspecified atom stereocenters. The maximum absolute atomic E-state index is 13.4. The van der Waals surface area contributed by atoms with E-state index in [1.54, 1.807) is 6.07 Å². The SMILES string of the molecule is NC(CCc1ccccc1F)c1ccccc1. The first kappa shape index (κ1) is 11.8. The Labute approximate surface area is 101 Å². The molecular formula is C15H16FN. The van der Waals surface area contributed by atoms with Crippen LogP contribution in [-0.4, -0.2) is 0 Å². The lowest BCUT2D eigenvalue weighted by molar-refractivity contribution is 0.586. The fourth-order valence-electron chi connectivity index (χ4n) is 1.88. The predicted octanol–water partition coefficient (Wildman–Crippen LogP) is 3.46. The van der Waals surface area contributed by atoms with Crippen molar-refractivity contribution >= 4 is 0 Å². The zero-order valence-corrected chi connectivity index (χ0v) is 9.64. The van der Waals surface area contributed by atoms with Gasteiger partial charge in [0.25, 0.3) is 0 Å². The van der Waals surface area contributed by atoms with Gasteiger partial charge in [0.1, 0.15) is 5.82 Å². The monoisotopic (exact) mass is 229 g/mol. The van der Waals surface area contributed by atoms with E-state index in [9.17, 15) is 4.39 Å². The molecule has 0 heterocycles. The number of hydrogen-bond donors (Lipinski definition) is 1. The van der Waals surface area contributed by atoms with Crippen LogP contribution in [0.3, 0.4) is 0 Å². The fraction of sp³-hybridized carbons (Fsp3) is 0.200. The van der Waals surface area contributed by atoms with E-state index >= 15 is 0 Å². The Morgan fingerprint density at radius 3 is 2.29 bits per heavy atom. The third kappa shape index (κ3) is 3.14. The maximum Gasteiger partial charge on any atom is 0.126 e. The van der Waals surface area contributed by atoms with Crippen molar-refractivity contribution in [1.29, 1.82) is 0 Å². The average molecular weight is 229 g/mol. The molecule has 0 aliphatic heterocycles. The second kappa shape index (κ2) is 5.60. The van der Waals surface area contributed by atoms with Gasteiger partial charge >= 0.3 is 0 Å². The lowest BCUT2D eigenvalue weighted by atomic mass is 10.00. The standard InChI is InChI=1S/C15H16FN/c16-14-9-5-4-6-12(14)10-11-15(17)13-7-2-1-3-8-13/h1-9,15H,10-11,17H2. The van der Waals surface area contributed by atoms with Crippen LogP contribution in [0.2, 0.25) is 0 Å². The molecule has 88 valence electrons. The van der Waals surface area contributed by atoms with Gasteiger partial charge in [-0.1, -0.05) is 48.5 Å². The van der Waals surface area contributed by atoms with Crippen molar-refractivity contribution in [2.75, 3.05) is 0 Å². The van der Waals surface area contributed by atoms with Crippen LogP contribution >= 0.6 is 0 Å². The number of halogens is 1. The van der Waals surface area contributed by atoms with E-state index in [2.05, 4.69) is 0 Å². The van der Waals surface area contributed by atoms with Crippen LogP contribution in [0.5, 0.6) is 0 Å². The van der Waals surface area contributed by atoms with Gasteiger partial charge in [0.15, 0.2) is 0 Å². The van der Waals surface area contributed by atoms with Crippen LogP contribution in [0.4, 0.5) is 4.39 Å². The van der Waals surface area contributed by atoms with Crippen molar-refractivity contribution in [2.45, 2.75) is 18.9 Å². The van der Waals surface area contributed by atoms with E-state index in [0.717, 1.165) is 17.5 Å². The minimum absolute atomic E-state index is 0.0317. The molecule has 2 aromatic rings. The summed E-state index contributed by atoms with van der Waals surface area (Å²) in [4.78, 5) is 0. The highest BCUT2D eigenvalue weighted by Gasteiger charge is 2.07. The molecule has 0 aliphatic rings. The van der Waals surface area contributed by atoms with Crippen molar-refractivity contribution < 1.29 is 4.39 Å². The van der Waals surface area contributed by atoms with Gasteiger partial charge in [-0.2, -0.15) is 0 Å². The van der Waals surface area contributed by atoms with E-state index < -0.39 is 0 Å².